The van der Waals surface area contributed by atoms with Gasteiger partial charge in [-0.25, -0.2) is 19.0 Å². The van der Waals surface area contributed by atoms with Crippen LogP contribution in [0.1, 0.15) is 53.1 Å². The molecule has 2 aromatic carbocycles. The molecule has 1 aliphatic carbocycles. The number of aromatic nitrogens is 2. The average Bonchev–Trinajstić information content (AvgIpc) is 3.60. The van der Waals surface area contributed by atoms with E-state index in [0.717, 1.165) is 18.2 Å². The van der Waals surface area contributed by atoms with Crippen molar-refractivity contribution in [1.82, 2.24) is 30.8 Å². The molecule has 17 nitrogen and oxygen atoms in total. The minimum atomic E-state index is -2.00. The summed E-state index contributed by atoms with van der Waals surface area (Å²) in [5.41, 5.74) is 1.86. The van der Waals surface area contributed by atoms with E-state index >= 15 is 4.39 Å². The molecule has 4 heterocycles. The largest absolute Gasteiger partial charge is 0.458 e. The molecule has 0 saturated heterocycles. The number of methoxy groups -OCH3 is 1. The Balaban J connectivity index is 1.08. The number of alkyl carbamates (subject to hydrolysis) is 1. The monoisotopic (exact) mass is 797 g/mol. The predicted octanol–water partition coefficient (Wildman–Crippen LogP) is 0.962. The van der Waals surface area contributed by atoms with Gasteiger partial charge in [0.15, 0.2) is 5.60 Å². The minimum Gasteiger partial charge on any atom is -0.458 e. The lowest BCUT2D eigenvalue weighted by Crippen LogP contribution is -2.52. The SMILES string of the molecule is CC[C@@]1(O)C(=O)OCc2c1cc1n(c2=O)Cc2c-1nc1cc(F)c(NC(=O)CNC(=O)[C@H](Cc3ccccc3)NC(=O)CNC(=O)CNC(=O)OC)c3c1c2CCC3. The highest BCUT2D eigenvalue weighted by Crippen LogP contribution is 2.44. The topological polar surface area (TPSA) is 236 Å². The summed E-state index contributed by atoms with van der Waals surface area (Å²) in [5, 5.41) is 24.1. The zero-order chi connectivity index (χ0) is 41.3. The van der Waals surface area contributed by atoms with Gasteiger partial charge in [0.25, 0.3) is 5.56 Å². The van der Waals surface area contributed by atoms with E-state index in [2.05, 4.69) is 31.3 Å². The Morgan fingerprint density at radius 3 is 2.41 bits per heavy atom. The van der Waals surface area contributed by atoms with Gasteiger partial charge in [0.05, 0.1) is 54.9 Å². The second-order valence-corrected chi connectivity index (χ2v) is 14.2. The number of rotatable bonds is 12. The normalized spacial score (nSPS) is 16.5. The number of carbonyl (C=O) groups excluding carboxylic acids is 6. The van der Waals surface area contributed by atoms with Crippen molar-refractivity contribution in [1.29, 1.82) is 0 Å². The first-order chi connectivity index (χ1) is 27.8. The van der Waals surface area contributed by atoms with Crippen molar-refractivity contribution in [2.45, 2.75) is 63.8 Å². The van der Waals surface area contributed by atoms with Crippen LogP contribution in [0.15, 0.2) is 47.3 Å². The number of benzene rings is 2. The van der Waals surface area contributed by atoms with Crippen molar-refractivity contribution in [3.63, 3.8) is 0 Å². The van der Waals surface area contributed by atoms with E-state index in [-0.39, 0.29) is 42.8 Å². The maximum absolute atomic E-state index is 16.0. The van der Waals surface area contributed by atoms with E-state index in [1.807, 2.05) is 0 Å². The maximum atomic E-state index is 16.0. The minimum absolute atomic E-state index is 0.0104. The van der Waals surface area contributed by atoms with E-state index in [4.69, 9.17) is 9.72 Å². The number of carbonyl (C=O) groups is 6. The molecule has 4 aromatic rings. The van der Waals surface area contributed by atoms with Crippen LogP contribution in [0.2, 0.25) is 0 Å². The molecule has 6 N–H and O–H groups in total. The van der Waals surface area contributed by atoms with Gasteiger partial charge in [-0.1, -0.05) is 37.3 Å². The number of nitrogens with zero attached hydrogens (tertiary/aromatic N) is 2. The highest BCUT2D eigenvalue weighted by molar-refractivity contribution is 6.01. The van der Waals surface area contributed by atoms with Gasteiger partial charge in [0.1, 0.15) is 25.0 Å². The number of ether oxygens (including phenoxy) is 2. The summed E-state index contributed by atoms with van der Waals surface area (Å²) < 4.78 is 27.1. The first-order valence-corrected chi connectivity index (χ1v) is 18.7. The number of aliphatic hydroxyl groups is 1. The number of hydrogen-bond acceptors (Lipinski definition) is 11. The van der Waals surface area contributed by atoms with Gasteiger partial charge in [-0.05, 0) is 48.4 Å². The van der Waals surface area contributed by atoms with Crippen LogP contribution in [0, 0.1) is 5.82 Å². The number of halogens is 1. The third-order valence-electron chi connectivity index (χ3n) is 10.6. The molecular formula is C40H40FN7O10. The third kappa shape index (κ3) is 7.45. The number of aryl methyl sites for hydroxylation is 2. The van der Waals surface area contributed by atoms with Gasteiger partial charge < -0.3 is 45.7 Å². The van der Waals surface area contributed by atoms with Crippen molar-refractivity contribution < 1.29 is 47.7 Å². The van der Waals surface area contributed by atoms with Gasteiger partial charge in [0, 0.05) is 29.0 Å². The summed E-state index contributed by atoms with van der Waals surface area (Å²) in [4.78, 5) is 93.8. The van der Waals surface area contributed by atoms with Crippen LogP contribution in [0.3, 0.4) is 0 Å². The number of amides is 5. The fraction of sp³-hybridized carbons (Fsp3) is 0.350. The second-order valence-electron chi connectivity index (χ2n) is 14.2. The van der Waals surface area contributed by atoms with Gasteiger partial charge in [0.2, 0.25) is 23.6 Å². The van der Waals surface area contributed by atoms with Gasteiger partial charge in [-0.2, -0.15) is 0 Å². The number of anilines is 1. The van der Waals surface area contributed by atoms with Crippen molar-refractivity contribution in [3.05, 3.63) is 92.0 Å². The Hall–Kier alpha value is -6.69. The highest BCUT2D eigenvalue weighted by atomic mass is 19.1. The van der Waals surface area contributed by atoms with Crippen LogP contribution in [0.25, 0.3) is 22.3 Å². The zero-order valence-corrected chi connectivity index (χ0v) is 31.6. The fourth-order valence-corrected chi connectivity index (χ4v) is 7.74. The molecule has 0 saturated carbocycles. The molecule has 0 unspecified atom stereocenters. The van der Waals surface area contributed by atoms with Crippen LogP contribution >= 0.6 is 0 Å². The summed E-state index contributed by atoms with van der Waals surface area (Å²) in [5.74, 6) is -4.42. The van der Waals surface area contributed by atoms with Crippen LogP contribution in [0.5, 0.6) is 0 Å². The quantitative estimate of drug-likeness (QED) is 0.0973. The van der Waals surface area contributed by atoms with Crippen LogP contribution in [-0.4, -0.2) is 83.1 Å². The molecule has 0 fully saturated rings. The van der Waals surface area contributed by atoms with Crippen LogP contribution < -0.4 is 32.1 Å². The van der Waals surface area contributed by atoms with Crippen molar-refractivity contribution in [2.75, 3.05) is 32.1 Å². The standard InChI is InChI=1S/C40H40FN7O10/c1-3-40(56)25-13-29-35-23(18-48(29)37(53)24(25)19-58-38(40)54)21-10-7-11-22-33(21)27(46-35)14-26(41)34(22)47-32(51)17-43-36(52)28(12-20-8-5-4-6-9-20)45-31(50)16-42-30(49)15-44-39(55)57-2/h4-6,8-9,13-14,28,56H,3,7,10-12,15-19H2,1-2H3,(H,42,49)(H,43,52)(H,44,55)(H,45,50)(H,47,51)/t28-,40-/m0/s1. The fourth-order valence-electron chi connectivity index (χ4n) is 7.74. The van der Waals surface area contributed by atoms with Gasteiger partial charge in [-0.15, -0.1) is 0 Å². The zero-order valence-electron chi connectivity index (χ0n) is 31.6. The molecule has 18 heteroatoms. The molecule has 5 amide bonds. The Morgan fingerprint density at radius 1 is 0.948 bits per heavy atom. The third-order valence-corrected chi connectivity index (χ3v) is 10.6. The molecule has 0 radical (unpaired) electrons. The molecule has 2 atom stereocenters. The lowest BCUT2D eigenvalue weighted by Gasteiger charge is -2.31. The number of hydrogen-bond donors (Lipinski definition) is 6. The molecule has 2 aromatic heterocycles. The van der Waals surface area contributed by atoms with Gasteiger partial charge >= 0.3 is 12.1 Å². The molecule has 3 aliphatic rings. The number of esters is 1. The molecular weight excluding hydrogens is 757 g/mol. The number of fused-ring (bicyclic) bond motifs is 5. The molecule has 0 spiro atoms. The predicted molar refractivity (Wildman–Crippen MR) is 204 cm³/mol. The number of pyridine rings is 2. The Bertz CT molecular complexity index is 2450. The highest BCUT2D eigenvalue weighted by Gasteiger charge is 2.45. The summed E-state index contributed by atoms with van der Waals surface area (Å²) in [6, 6.07) is 10.4. The average molecular weight is 798 g/mol. The van der Waals surface area contributed by atoms with Crippen molar-refractivity contribution in [2.24, 2.45) is 0 Å². The van der Waals surface area contributed by atoms with E-state index < -0.39 is 78.3 Å². The van der Waals surface area contributed by atoms with E-state index in [1.54, 1.807) is 43.3 Å². The summed E-state index contributed by atoms with van der Waals surface area (Å²) in [6.07, 6.45) is 0.812. The number of cyclic esters (lactones) is 1. The Kier molecular flexibility index (Phi) is 10.9. The van der Waals surface area contributed by atoms with E-state index in [1.165, 1.54) is 10.6 Å². The lowest BCUT2D eigenvalue weighted by molar-refractivity contribution is -0.172. The first-order valence-electron chi connectivity index (χ1n) is 18.7. The Labute approximate surface area is 329 Å². The smallest absolute Gasteiger partial charge is 0.407 e. The number of nitrogens with one attached hydrogen (secondary N) is 5. The van der Waals surface area contributed by atoms with E-state index in [0.29, 0.717) is 52.7 Å². The van der Waals surface area contributed by atoms with Gasteiger partial charge in [-0.3, -0.25) is 24.0 Å². The summed E-state index contributed by atoms with van der Waals surface area (Å²) >= 11 is 0. The Morgan fingerprint density at radius 2 is 1.67 bits per heavy atom. The van der Waals surface area contributed by atoms with Crippen LogP contribution in [0.4, 0.5) is 14.9 Å². The molecule has 58 heavy (non-hydrogen) atoms. The molecule has 2 aliphatic heterocycles. The molecule has 302 valence electrons. The molecule has 7 rings (SSSR count). The molecule has 0 bridgehead atoms. The second kappa shape index (κ2) is 16.0. The van der Waals surface area contributed by atoms with E-state index in [9.17, 15) is 38.7 Å². The van der Waals surface area contributed by atoms with Crippen molar-refractivity contribution >= 4 is 52.3 Å². The summed E-state index contributed by atoms with van der Waals surface area (Å²) in [6.45, 7) is -0.00225. The first kappa shape index (κ1) is 39.5. The maximum Gasteiger partial charge on any atom is 0.407 e. The summed E-state index contributed by atoms with van der Waals surface area (Å²) in [7, 11) is 1.13. The van der Waals surface area contributed by atoms with Crippen molar-refractivity contribution in [3.8, 4) is 11.4 Å². The lowest BCUT2D eigenvalue weighted by atomic mass is 9.85. The van der Waals surface area contributed by atoms with Crippen LogP contribution in [-0.2, 0) is 71.5 Å².